The van der Waals surface area contributed by atoms with E-state index < -0.39 is 0 Å². The van der Waals surface area contributed by atoms with Crippen LogP contribution in [0.3, 0.4) is 0 Å². The molecule has 1 aromatic rings. The zero-order chi connectivity index (χ0) is 14.9. The van der Waals surface area contributed by atoms with Gasteiger partial charge in [-0.2, -0.15) is 0 Å². The van der Waals surface area contributed by atoms with E-state index >= 15 is 0 Å². The average Bonchev–Trinajstić information content (AvgIpc) is 2.96. The minimum absolute atomic E-state index is 0.000180. The molecule has 1 aliphatic carbocycles. The molecular formula is C15H23N5OS. The Morgan fingerprint density at radius 2 is 1.95 bits per heavy atom. The van der Waals surface area contributed by atoms with Gasteiger partial charge in [0, 0.05) is 25.0 Å². The lowest BCUT2D eigenvalue weighted by molar-refractivity contribution is 0.186. The highest BCUT2D eigenvalue weighted by Gasteiger charge is 2.32. The lowest BCUT2D eigenvalue weighted by atomic mass is 10.2. The summed E-state index contributed by atoms with van der Waals surface area (Å²) < 4.78 is 0. The standard InChI is InChI=1S/C15H23N5OS/c21-15(16-14-18-17-13(22-14)11-5-6-11)20-9-3-4-12(20)10-19-7-1-2-8-19/h11-12H,1-10H2,(H,16,18,21)/t12-/m0/s1. The molecule has 0 bridgehead atoms. The van der Waals surface area contributed by atoms with Crippen molar-refractivity contribution < 1.29 is 4.79 Å². The van der Waals surface area contributed by atoms with Crippen LogP contribution in [-0.4, -0.2) is 58.2 Å². The number of rotatable bonds is 4. The number of carbonyl (C=O) groups excluding carboxylic acids is 1. The van der Waals surface area contributed by atoms with Crippen molar-refractivity contribution in [3.8, 4) is 0 Å². The van der Waals surface area contributed by atoms with Gasteiger partial charge in [0.2, 0.25) is 5.13 Å². The van der Waals surface area contributed by atoms with Gasteiger partial charge in [0.05, 0.1) is 0 Å². The Balaban J connectivity index is 1.35. The van der Waals surface area contributed by atoms with E-state index in [4.69, 9.17) is 0 Å². The average molecular weight is 321 g/mol. The maximum Gasteiger partial charge on any atom is 0.323 e. The maximum absolute atomic E-state index is 12.5. The fourth-order valence-electron chi connectivity index (χ4n) is 3.50. The first-order valence-electron chi connectivity index (χ1n) is 8.43. The molecule has 7 heteroatoms. The Labute approximate surface area is 134 Å². The first kappa shape index (κ1) is 14.4. The second kappa shape index (κ2) is 6.12. The normalized spacial score (nSPS) is 25.8. The topological polar surface area (TPSA) is 61.4 Å². The number of aromatic nitrogens is 2. The maximum atomic E-state index is 12.5. The Hall–Kier alpha value is -1.21. The van der Waals surface area contributed by atoms with Crippen molar-refractivity contribution in [3.05, 3.63) is 5.01 Å². The van der Waals surface area contributed by atoms with Crippen LogP contribution in [0.25, 0.3) is 0 Å². The molecule has 1 aromatic heterocycles. The van der Waals surface area contributed by atoms with Gasteiger partial charge < -0.3 is 9.80 Å². The van der Waals surface area contributed by atoms with Crippen molar-refractivity contribution in [2.24, 2.45) is 0 Å². The molecule has 6 nitrogen and oxygen atoms in total. The number of likely N-dealkylation sites (tertiary alicyclic amines) is 2. The molecule has 3 heterocycles. The number of urea groups is 1. The summed E-state index contributed by atoms with van der Waals surface area (Å²) in [7, 11) is 0. The van der Waals surface area contributed by atoms with Gasteiger partial charge in [0.15, 0.2) is 0 Å². The molecule has 1 saturated carbocycles. The molecule has 0 aromatic carbocycles. The molecule has 2 amide bonds. The summed E-state index contributed by atoms with van der Waals surface area (Å²) in [4.78, 5) is 17.0. The monoisotopic (exact) mass is 321 g/mol. The van der Waals surface area contributed by atoms with Gasteiger partial charge in [-0.15, -0.1) is 10.2 Å². The number of nitrogens with zero attached hydrogens (tertiary/aromatic N) is 4. The van der Waals surface area contributed by atoms with Crippen LogP contribution in [0.5, 0.6) is 0 Å². The van der Waals surface area contributed by atoms with Gasteiger partial charge in [-0.3, -0.25) is 5.32 Å². The van der Waals surface area contributed by atoms with Gasteiger partial charge in [0.25, 0.3) is 0 Å². The Kier molecular flexibility index (Phi) is 4.00. The highest BCUT2D eigenvalue weighted by Crippen LogP contribution is 2.42. The Morgan fingerprint density at radius 1 is 1.14 bits per heavy atom. The highest BCUT2D eigenvalue weighted by atomic mass is 32.1. The molecule has 0 radical (unpaired) electrons. The third kappa shape index (κ3) is 3.10. The van der Waals surface area contributed by atoms with Crippen LogP contribution in [-0.2, 0) is 0 Å². The van der Waals surface area contributed by atoms with E-state index in [0.29, 0.717) is 17.1 Å². The molecule has 2 aliphatic heterocycles. The second-order valence-electron chi connectivity index (χ2n) is 6.65. The molecule has 2 saturated heterocycles. The van der Waals surface area contributed by atoms with Crippen LogP contribution in [0.1, 0.15) is 49.5 Å². The molecular weight excluding hydrogens is 298 g/mol. The molecule has 120 valence electrons. The number of hydrogen-bond acceptors (Lipinski definition) is 5. The van der Waals surface area contributed by atoms with Gasteiger partial charge in [0.1, 0.15) is 5.01 Å². The minimum Gasteiger partial charge on any atom is -0.320 e. The molecule has 0 unspecified atom stereocenters. The fourth-order valence-corrected chi connectivity index (χ4v) is 4.40. The predicted molar refractivity (Wildman–Crippen MR) is 86.3 cm³/mol. The van der Waals surface area contributed by atoms with Gasteiger partial charge in [-0.05, 0) is 51.6 Å². The van der Waals surface area contributed by atoms with Crippen molar-refractivity contribution in [1.29, 1.82) is 0 Å². The van der Waals surface area contributed by atoms with E-state index in [1.54, 1.807) is 0 Å². The van der Waals surface area contributed by atoms with E-state index in [1.165, 1.54) is 50.1 Å². The van der Waals surface area contributed by atoms with Crippen molar-refractivity contribution in [2.45, 2.75) is 50.5 Å². The van der Waals surface area contributed by atoms with E-state index in [2.05, 4.69) is 20.4 Å². The van der Waals surface area contributed by atoms with Crippen LogP contribution in [0, 0.1) is 0 Å². The second-order valence-corrected chi connectivity index (χ2v) is 7.66. The molecule has 1 N–H and O–H groups in total. The first-order valence-corrected chi connectivity index (χ1v) is 9.24. The fraction of sp³-hybridized carbons (Fsp3) is 0.800. The van der Waals surface area contributed by atoms with Gasteiger partial charge in [-0.25, -0.2) is 4.79 Å². The zero-order valence-electron chi connectivity index (χ0n) is 12.8. The number of carbonyl (C=O) groups is 1. The zero-order valence-corrected chi connectivity index (χ0v) is 13.6. The molecule has 1 atom stereocenters. The van der Waals surface area contributed by atoms with E-state index in [9.17, 15) is 4.79 Å². The summed E-state index contributed by atoms with van der Waals surface area (Å²) in [5, 5.41) is 13.0. The minimum atomic E-state index is 0.000180. The van der Waals surface area contributed by atoms with Gasteiger partial charge >= 0.3 is 6.03 Å². The van der Waals surface area contributed by atoms with Crippen LogP contribution in [0.15, 0.2) is 0 Å². The van der Waals surface area contributed by atoms with E-state index in [1.807, 2.05) is 4.90 Å². The lowest BCUT2D eigenvalue weighted by Crippen LogP contribution is -2.44. The quantitative estimate of drug-likeness (QED) is 0.925. The van der Waals surface area contributed by atoms with Crippen LogP contribution < -0.4 is 5.32 Å². The van der Waals surface area contributed by atoms with Crippen LogP contribution >= 0.6 is 11.3 Å². The smallest absolute Gasteiger partial charge is 0.320 e. The van der Waals surface area contributed by atoms with Crippen molar-refractivity contribution in [3.63, 3.8) is 0 Å². The molecule has 22 heavy (non-hydrogen) atoms. The summed E-state index contributed by atoms with van der Waals surface area (Å²) in [5.74, 6) is 0.595. The largest absolute Gasteiger partial charge is 0.323 e. The van der Waals surface area contributed by atoms with Crippen LogP contribution in [0.4, 0.5) is 9.93 Å². The molecule has 3 fully saturated rings. The highest BCUT2D eigenvalue weighted by molar-refractivity contribution is 7.15. The van der Waals surface area contributed by atoms with Gasteiger partial charge in [-0.1, -0.05) is 11.3 Å². The van der Waals surface area contributed by atoms with E-state index in [0.717, 1.165) is 30.9 Å². The van der Waals surface area contributed by atoms with Crippen molar-refractivity contribution >= 4 is 22.5 Å². The third-order valence-electron chi connectivity index (χ3n) is 4.89. The van der Waals surface area contributed by atoms with Crippen molar-refractivity contribution in [1.82, 2.24) is 20.0 Å². The van der Waals surface area contributed by atoms with Crippen molar-refractivity contribution in [2.75, 3.05) is 31.5 Å². The summed E-state index contributed by atoms with van der Waals surface area (Å²) in [6.07, 6.45) is 7.25. The number of anilines is 1. The third-order valence-corrected chi connectivity index (χ3v) is 5.89. The molecule has 3 aliphatic rings. The SMILES string of the molecule is O=C(Nc1nnc(C2CC2)s1)N1CCC[C@H]1CN1CCCC1. The van der Waals surface area contributed by atoms with E-state index in [-0.39, 0.29) is 6.03 Å². The summed E-state index contributed by atoms with van der Waals surface area (Å²) in [6.45, 7) is 4.26. The summed E-state index contributed by atoms with van der Waals surface area (Å²) in [5.41, 5.74) is 0. The van der Waals surface area contributed by atoms with Crippen LogP contribution in [0.2, 0.25) is 0 Å². The molecule has 4 rings (SSSR count). The summed E-state index contributed by atoms with van der Waals surface area (Å²) >= 11 is 1.53. The lowest BCUT2D eigenvalue weighted by Gasteiger charge is -2.28. The Bertz CT molecular complexity index is 538. The summed E-state index contributed by atoms with van der Waals surface area (Å²) in [6, 6.07) is 0.356. The Morgan fingerprint density at radius 3 is 2.73 bits per heavy atom. The predicted octanol–water partition coefficient (Wildman–Crippen LogP) is 2.51. The number of hydrogen-bond donors (Lipinski definition) is 1. The number of nitrogens with one attached hydrogen (secondary N) is 1. The number of amides is 2. The molecule has 0 spiro atoms. The first-order chi connectivity index (χ1) is 10.8.